The molecule has 5 heteroatoms. The zero-order chi connectivity index (χ0) is 15.9. The molecule has 4 nitrogen and oxygen atoms in total. The van der Waals surface area contributed by atoms with Crippen molar-refractivity contribution in [1.29, 1.82) is 5.26 Å². The van der Waals surface area contributed by atoms with E-state index >= 15 is 0 Å². The van der Waals surface area contributed by atoms with Crippen molar-refractivity contribution in [2.75, 3.05) is 7.11 Å². The van der Waals surface area contributed by atoms with Crippen LogP contribution in [0.2, 0.25) is 5.02 Å². The van der Waals surface area contributed by atoms with E-state index < -0.39 is 0 Å². The molecule has 0 saturated carbocycles. The Hall–Kier alpha value is -2.51. The average molecular weight is 315 g/mol. The van der Waals surface area contributed by atoms with Gasteiger partial charge in [-0.2, -0.15) is 5.26 Å². The Morgan fingerprint density at radius 1 is 1.27 bits per heavy atom. The van der Waals surface area contributed by atoms with Gasteiger partial charge < -0.3 is 9.57 Å². The van der Waals surface area contributed by atoms with Crippen LogP contribution in [0.25, 0.3) is 0 Å². The van der Waals surface area contributed by atoms with Crippen molar-refractivity contribution in [1.82, 2.24) is 0 Å². The lowest BCUT2D eigenvalue weighted by Gasteiger charge is -2.12. The number of hydrogen-bond acceptors (Lipinski definition) is 4. The molecule has 0 radical (unpaired) electrons. The highest BCUT2D eigenvalue weighted by atomic mass is 35.5. The molecule has 0 N–H and O–H groups in total. The van der Waals surface area contributed by atoms with E-state index in [9.17, 15) is 5.26 Å². The molecule has 2 aromatic rings. The maximum Gasteiger partial charge on any atom is 0.187 e. The second kappa shape index (κ2) is 7.48. The highest BCUT2D eigenvalue weighted by Gasteiger charge is 2.10. The predicted octanol–water partition coefficient (Wildman–Crippen LogP) is 4.10. The fourth-order valence-electron chi connectivity index (χ4n) is 2.03. The van der Waals surface area contributed by atoms with Crippen LogP contribution < -0.4 is 4.74 Å². The summed E-state index contributed by atoms with van der Waals surface area (Å²) in [5, 5.41) is 13.6. The van der Waals surface area contributed by atoms with Crippen LogP contribution in [-0.4, -0.2) is 12.8 Å². The summed E-state index contributed by atoms with van der Waals surface area (Å²) in [5.74, 6) is 0.751. The number of rotatable bonds is 5. The van der Waals surface area contributed by atoms with Crippen LogP contribution in [0.1, 0.15) is 16.7 Å². The fraction of sp³-hybridized carbons (Fsp3) is 0.176. The molecule has 0 aliphatic rings. The zero-order valence-corrected chi connectivity index (χ0v) is 13.1. The molecule has 0 aliphatic heterocycles. The average Bonchev–Trinajstić information content (AvgIpc) is 2.52. The van der Waals surface area contributed by atoms with Crippen molar-refractivity contribution in [3.05, 3.63) is 64.2 Å². The lowest BCUT2D eigenvalue weighted by atomic mass is 10.0. The SMILES string of the molecule is CO/N=C(/C#N)c1ccccc1COc1ccc(Cl)cc1C. The van der Waals surface area contributed by atoms with E-state index in [1.165, 1.54) is 7.11 Å². The summed E-state index contributed by atoms with van der Waals surface area (Å²) in [7, 11) is 1.41. The Kier molecular flexibility index (Phi) is 5.40. The van der Waals surface area contributed by atoms with Crippen LogP contribution in [0.5, 0.6) is 5.75 Å². The van der Waals surface area contributed by atoms with Gasteiger partial charge in [-0.3, -0.25) is 0 Å². The summed E-state index contributed by atoms with van der Waals surface area (Å²) >= 11 is 5.93. The third-order valence-electron chi connectivity index (χ3n) is 3.08. The monoisotopic (exact) mass is 314 g/mol. The van der Waals surface area contributed by atoms with Crippen LogP contribution in [0.4, 0.5) is 0 Å². The summed E-state index contributed by atoms with van der Waals surface area (Å²) in [4.78, 5) is 4.71. The molecular formula is C17H15ClN2O2. The van der Waals surface area contributed by atoms with Gasteiger partial charge in [-0.25, -0.2) is 0 Å². The number of hydrogen-bond donors (Lipinski definition) is 0. The van der Waals surface area contributed by atoms with Crippen LogP contribution in [0.15, 0.2) is 47.6 Å². The molecular weight excluding hydrogens is 300 g/mol. The second-order valence-corrected chi connectivity index (χ2v) is 5.03. The predicted molar refractivity (Wildman–Crippen MR) is 86.1 cm³/mol. The van der Waals surface area contributed by atoms with Crippen LogP contribution >= 0.6 is 11.6 Å². The first kappa shape index (κ1) is 15.9. The van der Waals surface area contributed by atoms with Gasteiger partial charge in [0.15, 0.2) is 5.71 Å². The molecule has 0 heterocycles. The van der Waals surface area contributed by atoms with Crippen molar-refractivity contribution < 1.29 is 9.57 Å². The van der Waals surface area contributed by atoms with Gasteiger partial charge >= 0.3 is 0 Å². The summed E-state index contributed by atoms with van der Waals surface area (Å²) in [6, 6.07) is 14.9. The minimum Gasteiger partial charge on any atom is -0.489 e. The standard InChI is InChI=1S/C17H15ClN2O2/c1-12-9-14(18)7-8-17(12)22-11-13-5-3-4-6-15(13)16(10-19)20-21-2/h3-9H,11H2,1-2H3/b20-16-. The van der Waals surface area contributed by atoms with Gasteiger partial charge in [0.1, 0.15) is 25.5 Å². The Bertz CT molecular complexity index is 736. The summed E-state index contributed by atoms with van der Waals surface area (Å²) in [6.45, 7) is 2.25. The molecule has 0 fully saturated rings. The van der Waals surface area contributed by atoms with Crippen LogP contribution in [0, 0.1) is 18.3 Å². The quantitative estimate of drug-likeness (QED) is 0.616. The normalized spacial score (nSPS) is 10.9. The highest BCUT2D eigenvalue weighted by Crippen LogP contribution is 2.23. The number of oxime groups is 1. The Morgan fingerprint density at radius 2 is 2.05 bits per heavy atom. The van der Waals surface area contributed by atoms with E-state index in [1.54, 1.807) is 6.07 Å². The summed E-state index contributed by atoms with van der Waals surface area (Å²) in [5.41, 5.74) is 2.72. The van der Waals surface area contributed by atoms with Crippen molar-refractivity contribution in [3.8, 4) is 11.8 Å². The molecule has 0 atom stereocenters. The largest absolute Gasteiger partial charge is 0.489 e. The molecule has 0 aliphatic carbocycles. The first-order chi connectivity index (χ1) is 10.7. The molecule has 0 aromatic heterocycles. The number of nitriles is 1. The Labute approximate surface area is 134 Å². The maximum absolute atomic E-state index is 9.18. The Balaban J connectivity index is 2.24. The summed E-state index contributed by atoms with van der Waals surface area (Å²) in [6.07, 6.45) is 0. The van der Waals surface area contributed by atoms with Crippen LogP contribution in [0.3, 0.4) is 0 Å². The smallest absolute Gasteiger partial charge is 0.187 e. The minimum absolute atomic E-state index is 0.217. The van der Waals surface area contributed by atoms with Crippen LogP contribution in [-0.2, 0) is 11.4 Å². The van der Waals surface area contributed by atoms with E-state index in [0.717, 1.165) is 16.9 Å². The molecule has 0 amide bonds. The van der Waals surface area contributed by atoms with Gasteiger partial charge in [-0.05, 0) is 36.2 Å². The van der Waals surface area contributed by atoms with Gasteiger partial charge in [-0.15, -0.1) is 0 Å². The molecule has 2 aromatic carbocycles. The van der Waals surface area contributed by atoms with E-state index in [0.29, 0.717) is 17.2 Å². The van der Waals surface area contributed by atoms with Crippen molar-refractivity contribution >= 4 is 17.3 Å². The fourth-order valence-corrected chi connectivity index (χ4v) is 2.26. The van der Waals surface area contributed by atoms with E-state index in [-0.39, 0.29) is 5.71 Å². The molecule has 0 saturated heterocycles. The highest BCUT2D eigenvalue weighted by molar-refractivity contribution is 6.30. The number of aryl methyl sites for hydroxylation is 1. The molecule has 22 heavy (non-hydrogen) atoms. The molecule has 2 rings (SSSR count). The van der Waals surface area contributed by atoms with Crippen molar-refractivity contribution in [2.24, 2.45) is 5.16 Å². The number of ether oxygens (including phenoxy) is 1. The van der Waals surface area contributed by atoms with E-state index in [1.807, 2.05) is 49.4 Å². The van der Waals surface area contributed by atoms with Gasteiger partial charge in [-0.1, -0.05) is 41.0 Å². The number of halogens is 1. The van der Waals surface area contributed by atoms with E-state index in [2.05, 4.69) is 5.16 Å². The first-order valence-corrected chi connectivity index (χ1v) is 7.02. The van der Waals surface area contributed by atoms with Crippen molar-refractivity contribution in [2.45, 2.75) is 13.5 Å². The first-order valence-electron chi connectivity index (χ1n) is 6.64. The second-order valence-electron chi connectivity index (χ2n) is 4.59. The zero-order valence-electron chi connectivity index (χ0n) is 12.3. The summed E-state index contributed by atoms with van der Waals surface area (Å²) < 4.78 is 5.83. The molecule has 0 bridgehead atoms. The Morgan fingerprint density at radius 3 is 2.73 bits per heavy atom. The van der Waals surface area contributed by atoms with Gasteiger partial charge in [0.05, 0.1) is 0 Å². The third kappa shape index (κ3) is 3.78. The lowest BCUT2D eigenvalue weighted by molar-refractivity contribution is 0.214. The minimum atomic E-state index is 0.217. The molecule has 112 valence electrons. The van der Waals surface area contributed by atoms with Gasteiger partial charge in [0, 0.05) is 10.6 Å². The lowest BCUT2D eigenvalue weighted by Crippen LogP contribution is -2.06. The van der Waals surface area contributed by atoms with Gasteiger partial charge in [0.25, 0.3) is 0 Å². The van der Waals surface area contributed by atoms with Crippen molar-refractivity contribution in [3.63, 3.8) is 0 Å². The van der Waals surface area contributed by atoms with E-state index in [4.69, 9.17) is 21.2 Å². The number of nitrogens with zero attached hydrogens (tertiary/aromatic N) is 2. The van der Waals surface area contributed by atoms with Gasteiger partial charge in [0.2, 0.25) is 0 Å². The molecule has 0 unspecified atom stereocenters. The third-order valence-corrected chi connectivity index (χ3v) is 3.32. The maximum atomic E-state index is 9.18. The number of benzene rings is 2. The molecule has 0 spiro atoms. The topological polar surface area (TPSA) is 54.6 Å².